The van der Waals surface area contributed by atoms with Gasteiger partial charge in [0.2, 0.25) is 0 Å². The summed E-state index contributed by atoms with van der Waals surface area (Å²) >= 11 is 0. The minimum atomic E-state index is 0.0441. The fraction of sp³-hybridized carbons (Fsp3) is 0.625. The zero-order valence-electron chi connectivity index (χ0n) is 25.8. The third kappa shape index (κ3) is 7.21. The Bertz CT molecular complexity index is 1210. The highest BCUT2D eigenvalue weighted by molar-refractivity contribution is 5.72. The van der Waals surface area contributed by atoms with E-state index in [1.807, 2.05) is 12.3 Å². The normalized spacial score (nSPS) is 21.3. The number of piperidine rings is 1. The van der Waals surface area contributed by atoms with E-state index in [0.717, 1.165) is 74.7 Å². The van der Waals surface area contributed by atoms with Gasteiger partial charge in [-0.15, -0.1) is 0 Å². The van der Waals surface area contributed by atoms with Crippen LogP contribution in [0.25, 0.3) is 11.2 Å². The van der Waals surface area contributed by atoms with Gasteiger partial charge in [0.1, 0.15) is 17.1 Å². The predicted molar refractivity (Wildman–Crippen MR) is 165 cm³/mol. The third-order valence-corrected chi connectivity index (χ3v) is 8.63. The Morgan fingerprint density at radius 3 is 2.42 bits per heavy atom. The van der Waals surface area contributed by atoms with Crippen molar-refractivity contribution in [1.82, 2.24) is 35.0 Å². The second-order valence-electron chi connectivity index (χ2n) is 11.9. The number of aromatic nitrogens is 3. The number of unbranched alkanes of at least 4 members (excludes halogenated alkanes) is 1. The van der Waals surface area contributed by atoms with Crippen molar-refractivity contribution < 1.29 is 4.74 Å². The van der Waals surface area contributed by atoms with E-state index in [1.54, 1.807) is 7.11 Å². The van der Waals surface area contributed by atoms with Crippen LogP contribution in [0.4, 0.5) is 0 Å². The van der Waals surface area contributed by atoms with Gasteiger partial charge in [-0.1, -0.05) is 25.5 Å². The van der Waals surface area contributed by atoms with Crippen molar-refractivity contribution in [1.29, 1.82) is 0 Å². The maximum Gasteiger partial charge on any atom is 0.159 e. The molecule has 0 amide bonds. The van der Waals surface area contributed by atoms with E-state index in [-0.39, 0.29) is 5.54 Å². The zero-order chi connectivity index (χ0) is 28.7. The Balaban J connectivity index is 0.000000398. The number of methoxy groups -OCH3 is 1. The lowest BCUT2D eigenvalue weighted by molar-refractivity contribution is 0.0505. The first-order chi connectivity index (χ1) is 19.3. The molecule has 1 aromatic carbocycles. The van der Waals surface area contributed by atoms with Crippen molar-refractivity contribution in [2.75, 3.05) is 47.4 Å². The molecule has 0 radical (unpaired) electrons. The fourth-order valence-corrected chi connectivity index (χ4v) is 6.18. The molecule has 2 saturated heterocycles. The minimum absolute atomic E-state index is 0.0441. The largest absolute Gasteiger partial charge is 0.497 e. The second kappa shape index (κ2) is 13.9. The number of likely N-dealkylation sites (tertiary alicyclic amines) is 1. The summed E-state index contributed by atoms with van der Waals surface area (Å²) in [5, 5.41) is 6.74. The lowest BCUT2D eigenvalue weighted by Gasteiger charge is -2.46. The van der Waals surface area contributed by atoms with Gasteiger partial charge in [0, 0.05) is 70.0 Å². The summed E-state index contributed by atoms with van der Waals surface area (Å²) < 4.78 is 7.64. The van der Waals surface area contributed by atoms with Crippen molar-refractivity contribution >= 4 is 11.2 Å². The summed E-state index contributed by atoms with van der Waals surface area (Å²) in [6, 6.07) is 12.1. The lowest BCUT2D eigenvalue weighted by atomic mass is 9.79. The number of hydrogen-bond donors (Lipinski definition) is 2. The molecule has 2 fully saturated rings. The monoisotopic (exact) mass is 549 g/mol. The third-order valence-electron chi connectivity index (χ3n) is 8.63. The first-order valence-electron chi connectivity index (χ1n) is 15.1. The van der Waals surface area contributed by atoms with E-state index in [4.69, 9.17) is 14.7 Å². The number of ether oxygens (including phenoxy) is 1. The SMILES string of the molecule is CC1CNCC(C)N1.CCCCc1nc2cc(CN3CCC(c4cccc(OC)c4)(N(C)C)CC3)cnc2n1C. The summed E-state index contributed by atoms with van der Waals surface area (Å²) in [7, 11) is 8.22. The molecule has 8 heteroatoms. The number of nitrogens with zero attached hydrogens (tertiary/aromatic N) is 5. The number of aryl methyl sites for hydroxylation is 2. The predicted octanol–water partition coefficient (Wildman–Crippen LogP) is 4.33. The van der Waals surface area contributed by atoms with Crippen LogP contribution in [0.2, 0.25) is 0 Å². The van der Waals surface area contributed by atoms with E-state index in [1.165, 1.54) is 24.0 Å². The van der Waals surface area contributed by atoms with Crippen LogP contribution in [0.3, 0.4) is 0 Å². The molecule has 2 atom stereocenters. The van der Waals surface area contributed by atoms with Crippen LogP contribution in [0.1, 0.15) is 63.4 Å². The van der Waals surface area contributed by atoms with Gasteiger partial charge in [0.25, 0.3) is 0 Å². The summed E-state index contributed by atoms with van der Waals surface area (Å²) in [6.45, 7) is 11.9. The Hall–Kier alpha value is -2.52. The van der Waals surface area contributed by atoms with Crippen molar-refractivity contribution in [3.05, 3.63) is 53.5 Å². The van der Waals surface area contributed by atoms with E-state index >= 15 is 0 Å². The molecule has 2 aromatic heterocycles. The molecule has 0 bridgehead atoms. The number of pyridine rings is 1. The van der Waals surface area contributed by atoms with Gasteiger partial charge in [-0.3, -0.25) is 9.80 Å². The highest BCUT2D eigenvalue weighted by Gasteiger charge is 2.38. The summed E-state index contributed by atoms with van der Waals surface area (Å²) in [5.74, 6) is 2.07. The van der Waals surface area contributed by atoms with Crippen LogP contribution in [-0.2, 0) is 25.6 Å². The quantitative estimate of drug-likeness (QED) is 0.434. The van der Waals surface area contributed by atoms with Gasteiger partial charge in [-0.05, 0) is 76.5 Å². The number of nitrogens with one attached hydrogen (secondary N) is 2. The maximum atomic E-state index is 5.49. The molecule has 40 heavy (non-hydrogen) atoms. The fourth-order valence-electron chi connectivity index (χ4n) is 6.18. The maximum absolute atomic E-state index is 5.49. The zero-order valence-corrected chi connectivity index (χ0v) is 25.8. The minimum Gasteiger partial charge on any atom is -0.497 e. The van der Waals surface area contributed by atoms with E-state index in [2.05, 4.69) is 91.2 Å². The second-order valence-corrected chi connectivity index (χ2v) is 11.9. The van der Waals surface area contributed by atoms with Crippen LogP contribution in [-0.4, -0.2) is 83.8 Å². The molecule has 220 valence electrons. The highest BCUT2D eigenvalue weighted by atomic mass is 16.5. The van der Waals surface area contributed by atoms with Crippen LogP contribution >= 0.6 is 0 Å². The van der Waals surface area contributed by atoms with Crippen LogP contribution < -0.4 is 15.4 Å². The molecule has 0 spiro atoms. The summed E-state index contributed by atoms with van der Waals surface area (Å²) in [6.07, 6.45) is 7.58. The Kier molecular flexibility index (Phi) is 10.6. The van der Waals surface area contributed by atoms with Crippen molar-refractivity contribution in [2.45, 2.75) is 77.0 Å². The van der Waals surface area contributed by atoms with Gasteiger partial charge < -0.3 is 19.9 Å². The smallest absolute Gasteiger partial charge is 0.159 e. The van der Waals surface area contributed by atoms with Gasteiger partial charge in [-0.25, -0.2) is 9.97 Å². The van der Waals surface area contributed by atoms with Crippen LogP contribution in [0.15, 0.2) is 36.5 Å². The number of benzene rings is 1. The van der Waals surface area contributed by atoms with E-state index in [9.17, 15) is 0 Å². The average molecular weight is 550 g/mol. The molecule has 8 nitrogen and oxygen atoms in total. The molecule has 0 aliphatic carbocycles. The summed E-state index contributed by atoms with van der Waals surface area (Å²) in [5.41, 5.74) is 4.65. The average Bonchev–Trinajstić information content (AvgIpc) is 3.26. The number of hydrogen-bond acceptors (Lipinski definition) is 7. The number of imidazole rings is 1. The number of piperazine rings is 1. The molecule has 2 N–H and O–H groups in total. The van der Waals surface area contributed by atoms with Gasteiger partial charge >= 0.3 is 0 Å². The molecular weight excluding hydrogens is 498 g/mol. The Morgan fingerprint density at radius 2 is 1.82 bits per heavy atom. The standard InChI is InChI=1S/C26H37N5O.C6H14N2/c1-6-7-11-24-28-23-16-20(18-27-25(23)30(24)4)19-31-14-12-26(13-15-31,29(2)3)21-9-8-10-22(17-21)32-5;1-5-3-7-4-6(2)8-5/h8-10,16-18H,6-7,11-15,19H2,1-5H3;5-8H,3-4H2,1-2H3. The molecule has 5 rings (SSSR count). The van der Waals surface area contributed by atoms with Gasteiger partial charge in [0.05, 0.1) is 7.11 Å². The highest BCUT2D eigenvalue weighted by Crippen LogP contribution is 2.39. The molecule has 0 saturated carbocycles. The first kappa shape index (κ1) is 30.4. The molecule has 2 aliphatic rings. The Morgan fingerprint density at radius 1 is 1.10 bits per heavy atom. The molecular formula is C32H51N7O. The van der Waals surface area contributed by atoms with E-state index < -0.39 is 0 Å². The van der Waals surface area contributed by atoms with Crippen LogP contribution in [0.5, 0.6) is 5.75 Å². The number of fused-ring (bicyclic) bond motifs is 1. The van der Waals surface area contributed by atoms with Crippen LogP contribution in [0, 0.1) is 0 Å². The van der Waals surface area contributed by atoms with Crippen molar-refractivity contribution in [3.8, 4) is 5.75 Å². The van der Waals surface area contributed by atoms with Crippen molar-refractivity contribution in [2.24, 2.45) is 7.05 Å². The lowest BCUT2D eigenvalue weighted by Crippen LogP contribution is -2.52. The molecule has 2 aliphatic heterocycles. The molecule has 3 aromatic rings. The van der Waals surface area contributed by atoms with Gasteiger partial charge in [0.15, 0.2) is 5.65 Å². The molecule has 4 heterocycles. The molecule has 2 unspecified atom stereocenters. The van der Waals surface area contributed by atoms with Crippen molar-refractivity contribution in [3.63, 3.8) is 0 Å². The van der Waals surface area contributed by atoms with Gasteiger partial charge in [-0.2, -0.15) is 0 Å². The topological polar surface area (TPSA) is 70.5 Å². The Labute approximate surface area is 241 Å². The van der Waals surface area contributed by atoms with E-state index in [0.29, 0.717) is 12.1 Å². The summed E-state index contributed by atoms with van der Waals surface area (Å²) in [4.78, 5) is 14.6. The first-order valence-corrected chi connectivity index (χ1v) is 15.1. The number of rotatable bonds is 8.